The Morgan fingerprint density at radius 2 is 1.33 bits per heavy atom. The van der Waals surface area contributed by atoms with Gasteiger partial charge in [0.15, 0.2) is 0 Å². The van der Waals surface area contributed by atoms with E-state index in [1.54, 1.807) is 6.20 Å². The summed E-state index contributed by atoms with van der Waals surface area (Å²) in [5, 5.41) is 0. The van der Waals surface area contributed by atoms with Gasteiger partial charge in [0.25, 0.3) is 0 Å². The molecule has 0 amide bonds. The molecule has 2 aromatic rings. The Labute approximate surface area is 108 Å². The number of anilines is 2. The molecule has 86 valence electrons. The summed E-state index contributed by atoms with van der Waals surface area (Å²) in [4.78, 5) is 12.6. The van der Waals surface area contributed by atoms with Crippen LogP contribution in [0.2, 0.25) is 0 Å². The van der Waals surface area contributed by atoms with E-state index in [1.165, 1.54) is 0 Å². The molecule has 0 spiro atoms. The van der Waals surface area contributed by atoms with E-state index in [0.717, 1.165) is 11.4 Å². The minimum absolute atomic E-state index is 0.183. The predicted octanol–water partition coefficient (Wildman–Crippen LogP) is 3.03. The Kier molecular flexibility index (Phi) is 3.97. The van der Waals surface area contributed by atoms with Crippen LogP contribution in [0.3, 0.4) is 0 Å². The summed E-state index contributed by atoms with van der Waals surface area (Å²) >= 11 is 0. The summed E-state index contributed by atoms with van der Waals surface area (Å²) in [7, 11) is 5.60. The molecule has 2 radical (unpaired) electrons. The van der Waals surface area contributed by atoms with E-state index in [-0.39, 0.29) is 5.47 Å². The lowest BCUT2D eigenvalue weighted by molar-refractivity contribution is -0.104. The minimum atomic E-state index is 0.183. The van der Waals surface area contributed by atoms with Crippen molar-refractivity contribution in [2.45, 2.75) is 0 Å². The van der Waals surface area contributed by atoms with Gasteiger partial charge in [-0.3, -0.25) is 4.79 Å². The van der Waals surface area contributed by atoms with E-state index in [4.69, 9.17) is 7.85 Å². The van der Waals surface area contributed by atoms with Crippen LogP contribution in [0.5, 0.6) is 0 Å². The van der Waals surface area contributed by atoms with Gasteiger partial charge in [-0.15, -0.1) is 0 Å². The fourth-order valence-electron chi connectivity index (χ4n) is 1.65. The standard InChI is InChI=1S/C15H12BNO/c16-13(12-18)11-17(14-7-3-1-4-8-14)15-9-5-2-6-10-15/h1-12H/b13-11-. The number of carbonyl (C=O) groups excluding carboxylic acids is 1. The number of rotatable bonds is 4. The lowest BCUT2D eigenvalue weighted by Gasteiger charge is -2.21. The SMILES string of the molecule is [B]/C(C=O)=C\N(c1ccccc1)c1ccccc1. The van der Waals surface area contributed by atoms with Gasteiger partial charge < -0.3 is 4.90 Å². The van der Waals surface area contributed by atoms with E-state index in [0.29, 0.717) is 6.29 Å². The van der Waals surface area contributed by atoms with Gasteiger partial charge in [-0.05, 0) is 29.7 Å². The van der Waals surface area contributed by atoms with E-state index in [1.807, 2.05) is 65.6 Å². The third-order valence-corrected chi connectivity index (χ3v) is 2.48. The first-order valence-corrected chi connectivity index (χ1v) is 5.63. The number of carbonyl (C=O) groups is 1. The second kappa shape index (κ2) is 5.87. The number of allylic oxidation sites excluding steroid dienone is 1. The average Bonchev–Trinajstić information content (AvgIpc) is 2.46. The summed E-state index contributed by atoms with van der Waals surface area (Å²) < 4.78 is 0. The molecule has 0 fully saturated rings. The minimum Gasteiger partial charge on any atom is -0.318 e. The molecular weight excluding hydrogens is 221 g/mol. The fraction of sp³-hybridized carbons (Fsp3) is 0. The monoisotopic (exact) mass is 233 g/mol. The van der Waals surface area contributed by atoms with E-state index >= 15 is 0 Å². The summed E-state index contributed by atoms with van der Waals surface area (Å²) in [6, 6.07) is 19.5. The quantitative estimate of drug-likeness (QED) is 0.459. The van der Waals surface area contributed by atoms with Crippen molar-refractivity contribution in [1.29, 1.82) is 0 Å². The highest BCUT2D eigenvalue weighted by atomic mass is 16.1. The van der Waals surface area contributed by atoms with Gasteiger partial charge >= 0.3 is 0 Å². The van der Waals surface area contributed by atoms with Gasteiger partial charge in [-0.1, -0.05) is 36.4 Å². The summed E-state index contributed by atoms with van der Waals surface area (Å²) in [6.45, 7) is 0. The third kappa shape index (κ3) is 2.89. The van der Waals surface area contributed by atoms with Crippen molar-refractivity contribution >= 4 is 25.5 Å². The van der Waals surface area contributed by atoms with Crippen molar-refractivity contribution in [2.24, 2.45) is 0 Å². The van der Waals surface area contributed by atoms with Crippen molar-refractivity contribution in [1.82, 2.24) is 0 Å². The fourth-order valence-corrected chi connectivity index (χ4v) is 1.65. The highest BCUT2D eigenvalue weighted by molar-refractivity contribution is 6.32. The largest absolute Gasteiger partial charge is 0.318 e. The molecule has 0 aliphatic rings. The van der Waals surface area contributed by atoms with Crippen LogP contribution in [0.25, 0.3) is 0 Å². The summed E-state index contributed by atoms with van der Waals surface area (Å²) in [6.07, 6.45) is 2.26. The highest BCUT2D eigenvalue weighted by Crippen LogP contribution is 2.25. The smallest absolute Gasteiger partial charge is 0.137 e. The maximum atomic E-state index is 10.7. The molecule has 0 atom stereocenters. The molecule has 0 heterocycles. The first kappa shape index (κ1) is 12.2. The molecule has 2 rings (SSSR count). The number of hydrogen-bond acceptors (Lipinski definition) is 2. The van der Waals surface area contributed by atoms with Crippen molar-refractivity contribution in [2.75, 3.05) is 4.90 Å². The van der Waals surface area contributed by atoms with Crippen LogP contribution in [0.15, 0.2) is 72.3 Å². The molecule has 3 heteroatoms. The van der Waals surface area contributed by atoms with Crippen LogP contribution in [-0.2, 0) is 4.79 Å². The molecule has 0 aliphatic heterocycles. The molecule has 0 saturated carbocycles. The Morgan fingerprint density at radius 3 is 1.72 bits per heavy atom. The van der Waals surface area contributed by atoms with Crippen LogP contribution in [0.1, 0.15) is 0 Å². The summed E-state index contributed by atoms with van der Waals surface area (Å²) in [5.74, 6) is 0. The second-order valence-corrected chi connectivity index (χ2v) is 3.79. The first-order valence-electron chi connectivity index (χ1n) is 5.63. The van der Waals surface area contributed by atoms with Crippen LogP contribution in [0.4, 0.5) is 11.4 Å². The van der Waals surface area contributed by atoms with Gasteiger partial charge in [0, 0.05) is 17.6 Å². The zero-order valence-corrected chi connectivity index (χ0v) is 9.86. The Morgan fingerprint density at radius 1 is 0.889 bits per heavy atom. The van der Waals surface area contributed by atoms with Gasteiger partial charge in [-0.25, -0.2) is 0 Å². The maximum absolute atomic E-state index is 10.7. The molecule has 0 aromatic heterocycles. The number of aldehydes is 1. The Bertz CT molecular complexity index is 497. The normalized spacial score (nSPS) is 11.0. The molecular formula is C15H12BNO. The molecule has 0 bridgehead atoms. The average molecular weight is 233 g/mol. The van der Waals surface area contributed by atoms with E-state index in [9.17, 15) is 4.79 Å². The van der Waals surface area contributed by atoms with Crippen molar-refractivity contribution < 1.29 is 4.79 Å². The van der Waals surface area contributed by atoms with E-state index in [2.05, 4.69) is 0 Å². The molecule has 0 N–H and O–H groups in total. The topological polar surface area (TPSA) is 20.3 Å². The molecule has 0 unspecified atom stereocenters. The van der Waals surface area contributed by atoms with E-state index < -0.39 is 0 Å². The molecule has 2 aromatic carbocycles. The van der Waals surface area contributed by atoms with Crippen molar-refractivity contribution in [3.8, 4) is 0 Å². The number of hydrogen-bond donors (Lipinski definition) is 0. The number of benzene rings is 2. The first-order chi connectivity index (χ1) is 8.81. The van der Waals surface area contributed by atoms with Crippen LogP contribution >= 0.6 is 0 Å². The Balaban J connectivity index is 2.45. The zero-order valence-electron chi connectivity index (χ0n) is 9.86. The Hall–Kier alpha value is -2.29. The highest BCUT2D eigenvalue weighted by Gasteiger charge is 2.05. The lowest BCUT2D eigenvalue weighted by atomic mass is 9.98. The molecule has 2 nitrogen and oxygen atoms in total. The molecule has 18 heavy (non-hydrogen) atoms. The zero-order chi connectivity index (χ0) is 12.8. The van der Waals surface area contributed by atoms with Crippen LogP contribution < -0.4 is 4.90 Å². The van der Waals surface area contributed by atoms with Crippen molar-refractivity contribution in [3.63, 3.8) is 0 Å². The number of nitrogens with zero attached hydrogens (tertiary/aromatic N) is 1. The van der Waals surface area contributed by atoms with Crippen molar-refractivity contribution in [3.05, 3.63) is 72.3 Å². The van der Waals surface area contributed by atoms with Crippen LogP contribution in [-0.4, -0.2) is 14.1 Å². The van der Waals surface area contributed by atoms with Gasteiger partial charge in [-0.2, -0.15) is 0 Å². The van der Waals surface area contributed by atoms with Gasteiger partial charge in [0.1, 0.15) is 14.1 Å². The molecule has 0 saturated heterocycles. The van der Waals surface area contributed by atoms with Gasteiger partial charge in [0.2, 0.25) is 0 Å². The summed E-state index contributed by atoms with van der Waals surface area (Å²) in [5.41, 5.74) is 2.09. The molecule has 0 aliphatic carbocycles. The predicted molar refractivity (Wildman–Crippen MR) is 74.9 cm³/mol. The second-order valence-electron chi connectivity index (χ2n) is 3.79. The van der Waals surface area contributed by atoms with Gasteiger partial charge in [0.05, 0.1) is 0 Å². The van der Waals surface area contributed by atoms with Crippen LogP contribution in [0, 0.1) is 0 Å². The lowest BCUT2D eigenvalue weighted by Crippen LogP contribution is -2.10. The number of para-hydroxylation sites is 2. The third-order valence-electron chi connectivity index (χ3n) is 2.48. The maximum Gasteiger partial charge on any atom is 0.137 e.